The average Bonchev–Trinajstić information content (AvgIpc) is 3.41. The first-order chi connectivity index (χ1) is 16.0. The number of aromatic nitrogens is 6. The summed E-state index contributed by atoms with van der Waals surface area (Å²) < 4.78 is 13.1. The molecule has 1 aliphatic heterocycles. The number of aromatic amines is 1. The van der Waals surface area contributed by atoms with Gasteiger partial charge in [0.1, 0.15) is 17.7 Å². The smallest absolute Gasteiger partial charge is 0.226 e. The van der Waals surface area contributed by atoms with E-state index in [-0.39, 0.29) is 11.8 Å². The Morgan fingerprint density at radius 3 is 2.85 bits per heavy atom. The predicted octanol–water partition coefficient (Wildman–Crippen LogP) is 3.36. The van der Waals surface area contributed by atoms with Gasteiger partial charge in [0.05, 0.1) is 25.7 Å². The summed E-state index contributed by atoms with van der Waals surface area (Å²) in [5, 5.41) is 7.71. The zero-order chi connectivity index (χ0) is 23.1. The molecule has 1 aromatic carbocycles. The lowest BCUT2D eigenvalue weighted by molar-refractivity contribution is -0.116. The van der Waals surface area contributed by atoms with E-state index in [9.17, 15) is 4.79 Å². The number of fused-ring (bicyclic) bond motifs is 2. The second-order valence-corrected chi connectivity index (χ2v) is 8.48. The van der Waals surface area contributed by atoms with Gasteiger partial charge in [0.2, 0.25) is 5.91 Å². The van der Waals surface area contributed by atoms with Crippen LogP contribution in [0.2, 0.25) is 0 Å². The molecule has 0 radical (unpaired) electrons. The monoisotopic (exact) mass is 447 g/mol. The Morgan fingerprint density at radius 2 is 2.06 bits per heavy atom. The maximum Gasteiger partial charge on any atom is 0.226 e. The van der Waals surface area contributed by atoms with Crippen molar-refractivity contribution in [2.24, 2.45) is 5.92 Å². The Labute approximate surface area is 190 Å². The Kier molecular flexibility index (Phi) is 5.20. The zero-order valence-electron chi connectivity index (χ0n) is 18.9. The van der Waals surface area contributed by atoms with Crippen LogP contribution in [0.5, 0.6) is 11.5 Å². The number of hydrogen-bond donors (Lipinski definition) is 2. The van der Waals surface area contributed by atoms with Crippen LogP contribution in [-0.4, -0.2) is 49.3 Å². The van der Waals surface area contributed by atoms with E-state index in [0.29, 0.717) is 53.2 Å². The van der Waals surface area contributed by atoms with E-state index in [2.05, 4.69) is 39.1 Å². The SMILES string of the molecule is COc1cc(C2CC(=O)Nc3c2c(C)nn3-c2ncnc3nc[nH]c23)ccc1OCC(C)C. The van der Waals surface area contributed by atoms with Crippen molar-refractivity contribution in [1.29, 1.82) is 0 Å². The van der Waals surface area contributed by atoms with Crippen molar-refractivity contribution in [2.75, 3.05) is 19.0 Å². The van der Waals surface area contributed by atoms with E-state index < -0.39 is 0 Å². The highest BCUT2D eigenvalue weighted by Crippen LogP contribution is 2.42. The number of carbonyl (C=O) groups is 1. The minimum absolute atomic E-state index is 0.0948. The zero-order valence-corrected chi connectivity index (χ0v) is 18.9. The Hall–Kier alpha value is -3.95. The molecule has 0 spiro atoms. The fourth-order valence-electron chi connectivity index (χ4n) is 4.17. The van der Waals surface area contributed by atoms with Crippen LogP contribution in [0.25, 0.3) is 17.0 Å². The van der Waals surface area contributed by atoms with Gasteiger partial charge in [-0.3, -0.25) is 4.79 Å². The third-order valence-corrected chi connectivity index (χ3v) is 5.67. The fraction of sp³-hybridized carbons (Fsp3) is 0.348. The summed E-state index contributed by atoms with van der Waals surface area (Å²) in [6.45, 7) is 6.72. The maximum absolute atomic E-state index is 12.8. The van der Waals surface area contributed by atoms with Gasteiger partial charge in [0.25, 0.3) is 0 Å². The molecule has 0 bridgehead atoms. The van der Waals surface area contributed by atoms with Crippen molar-refractivity contribution >= 4 is 22.9 Å². The molecule has 4 aromatic rings. The molecular weight excluding hydrogens is 422 g/mol. The van der Waals surface area contributed by atoms with Crippen LogP contribution in [0.4, 0.5) is 5.82 Å². The molecule has 5 rings (SSSR count). The summed E-state index contributed by atoms with van der Waals surface area (Å²) in [7, 11) is 1.62. The quantitative estimate of drug-likeness (QED) is 0.465. The number of carbonyl (C=O) groups excluding carboxylic acids is 1. The highest BCUT2D eigenvalue weighted by atomic mass is 16.5. The van der Waals surface area contributed by atoms with Crippen LogP contribution in [0.3, 0.4) is 0 Å². The first-order valence-corrected chi connectivity index (χ1v) is 10.8. The molecule has 2 N–H and O–H groups in total. The molecule has 0 saturated heterocycles. The summed E-state index contributed by atoms with van der Waals surface area (Å²) in [5.41, 5.74) is 3.88. The number of H-pyrrole nitrogens is 1. The first-order valence-electron chi connectivity index (χ1n) is 10.8. The second kappa shape index (κ2) is 8.19. The van der Waals surface area contributed by atoms with Gasteiger partial charge in [-0.15, -0.1) is 0 Å². The number of aryl methyl sites for hydroxylation is 1. The second-order valence-electron chi connectivity index (χ2n) is 8.48. The minimum Gasteiger partial charge on any atom is -0.493 e. The van der Waals surface area contributed by atoms with Crippen LogP contribution in [0.1, 0.15) is 43.0 Å². The van der Waals surface area contributed by atoms with Crippen LogP contribution in [-0.2, 0) is 4.79 Å². The first kappa shape index (κ1) is 20.9. The van der Waals surface area contributed by atoms with E-state index in [1.54, 1.807) is 18.1 Å². The largest absolute Gasteiger partial charge is 0.493 e. The Morgan fingerprint density at radius 1 is 1.21 bits per heavy atom. The molecule has 1 aliphatic rings. The number of benzene rings is 1. The molecule has 1 amide bonds. The molecule has 10 nitrogen and oxygen atoms in total. The molecule has 0 aliphatic carbocycles. The lowest BCUT2D eigenvalue weighted by Gasteiger charge is -2.25. The summed E-state index contributed by atoms with van der Waals surface area (Å²) in [6, 6.07) is 5.83. The van der Waals surface area contributed by atoms with E-state index in [0.717, 1.165) is 16.8 Å². The van der Waals surface area contributed by atoms with E-state index >= 15 is 0 Å². The van der Waals surface area contributed by atoms with Gasteiger partial charge in [-0.25, -0.2) is 15.0 Å². The third kappa shape index (κ3) is 3.67. The summed E-state index contributed by atoms with van der Waals surface area (Å²) in [6.07, 6.45) is 3.30. The molecule has 170 valence electrons. The summed E-state index contributed by atoms with van der Waals surface area (Å²) >= 11 is 0. The topological polar surface area (TPSA) is 120 Å². The number of hydrogen-bond acceptors (Lipinski definition) is 7. The van der Waals surface area contributed by atoms with Crippen molar-refractivity contribution in [3.8, 4) is 17.3 Å². The van der Waals surface area contributed by atoms with Crippen LogP contribution < -0.4 is 14.8 Å². The summed E-state index contributed by atoms with van der Waals surface area (Å²) in [5.74, 6) is 2.57. The highest BCUT2D eigenvalue weighted by Gasteiger charge is 2.34. The standard InChI is InChI=1S/C23H25N7O3/c1-12(2)9-33-16-6-5-14(7-17(16)32-4)15-8-18(31)28-22-19(15)13(3)29-30(22)23-20-21(25-10-24-20)26-11-27-23/h5-7,10-12,15H,8-9H2,1-4H3,(H,28,31)(H,24,25,26,27). The van der Waals surface area contributed by atoms with Crippen molar-refractivity contribution in [3.05, 3.63) is 47.7 Å². The molecule has 0 fully saturated rings. The number of imidazole rings is 1. The van der Waals surface area contributed by atoms with Gasteiger partial charge in [0.15, 0.2) is 23.0 Å². The van der Waals surface area contributed by atoms with Crippen LogP contribution >= 0.6 is 0 Å². The Bertz CT molecular complexity index is 1340. The summed E-state index contributed by atoms with van der Waals surface area (Å²) in [4.78, 5) is 28.6. The Balaban J connectivity index is 1.59. The van der Waals surface area contributed by atoms with Crippen LogP contribution in [0, 0.1) is 12.8 Å². The molecule has 33 heavy (non-hydrogen) atoms. The molecule has 1 unspecified atom stereocenters. The number of methoxy groups -OCH3 is 1. The van der Waals surface area contributed by atoms with Gasteiger partial charge < -0.3 is 19.8 Å². The van der Waals surface area contributed by atoms with Crippen molar-refractivity contribution < 1.29 is 14.3 Å². The molecule has 10 heteroatoms. The van der Waals surface area contributed by atoms with Gasteiger partial charge in [-0.05, 0) is 30.5 Å². The van der Waals surface area contributed by atoms with Gasteiger partial charge in [-0.2, -0.15) is 9.78 Å². The molecule has 0 saturated carbocycles. The lowest BCUT2D eigenvalue weighted by Crippen LogP contribution is -2.25. The van der Waals surface area contributed by atoms with E-state index in [1.807, 2.05) is 25.1 Å². The highest BCUT2D eigenvalue weighted by molar-refractivity contribution is 5.95. The van der Waals surface area contributed by atoms with Crippen LogP contribution in [0.15, 0.2) is 30.9 Å². The van der Waals surface area contributed by atoms with Gasteiger partial charge >= 0.3 is 0 Å². The van der Waals surface area contributed by atoms with Crippen molar-refractivity contribution in [3.63, 3.8) is 0 Å². The fourth-order valence-corrected chi connectivity index (χ4v) is 4.17. The predicted molar refractivity (Wildman–Crippen MR) is 122 cm³/mol. The number of amides is 1. The third-order valence-electron chi connectivity index (χ3n) is 5.67. The molecule has 1 atom stereocenters. The number of anilines is 1. The maximum atomic E-state index is 12.8. The number of rotatable bonds is 6. The van der Waals surface area contributed by atoms with Gasteiger partial charge in [-0.1, -0.05) is 19.9 Å². The van der Waals surface area contributed by atoms with Gasteiger partial charge in [0, 0.05) is 17.9 Å². The number of nitrogens with zero attached hydrogens (tertiary/aromatic N) is 5. The lowest BCUT2D eigenvalue weighted by atomic mass is 9.85. The number of ether oxygens (including phenoxy) is 2. The number of nitrogens with one attached hydrogen (secondary N) is 2. The van der Waals surface area contributed by atoms with E-state index in [1.165, 1.54) is 6.33 Å². The van der Waals surface area contributed by atoms with E-state index in [4.69, 9.17) is 14.6 Å². The normalized spacial score (nSPS) is 15.5. The minimum atomic E-state index is -0.186. The average molecular weight is 447 g/mol. The van der Waals surface area contributed by atoms with Crippen molar-refractivity contribution in [2.45, 2.75) is 33.1 Å². The van der Waals surface area contributed by atoms with Crippen molar-refractivity contribution in [1.82, 2.24) is 29.7 Å². The molecular formula is C23H25N7O3. The molecule has 4 heterocycles. The molecule has 3 aromatic heterocycles.